The van der Waals surface area contributed by atoms with Crippen LogP contribution in [0.4, 0.5) is 13.2 Å². The van der Waals surface area contributed by atoms with Crippen LogP contribution in [0, 0.1) is 0 Å². The SMILES string of the molecule is O=C1N(CCCN2CCC(c3cccc(C(F)(F)F)c3)CC2)C(c2ccccn2)=NC1(c1ccccc1)c1ccccc1. The molecule has 8 heteroatoms. The van der Waals surface area contributed by atoms with E-state index in [-0.39, 0.29) is 11.8 Å². The fourth-order valence-electron chi connectivity index (χ4n) is 6.27. The molecule has 43 heavy (non-hydrogen) atoms. The van der Waals surface area contributed by atoms with Gasteiger partial charge in [0.25, 0.3) is 5.91 Å². The molecule has 0 spiro atoms. The zero-order valence-corrected chi connectivity index (χ0v) is 23.8. The van der Waals surface area contributed by atoms with Crippen molar-refractivity contribution in [3.05, 3.63) is 137 Å². The first-order valence-corrected chi connectivity index (χ1v) is 14.7. The summed E-state index contributed by atoms with van der Waals surface area (Å²) in [7, 11) is 0. The number of piperidine rings is 1. The first kappa shape index (κ1) is 28.8. The minimum atomic E-state index is -4.33. The van der Waals surface area contributed by atoms with Crippen molar-refractivity contribution < 1.29 is 18.0 Å². The quantitative estimate of drug-likeness (QED) is 0.227. The Kier molecular flexibility index (Phi) is 8.13. The smallest absolute Gasteiger partial charge is 0.303 e. The molecular weight excluding hydrogens is 549 g/mol. The first-order valence-electron chi connectivity index (χ1n) is 14.7. The third-order valence-electron chi connectivity index (χ3n) is 8.49. The summed E-state index contributed by atoms with van der Waals surface area (Å²) in [5.41, 5.74) is 1.21. The van der Waals surface area contributed by atoms with Crippen LogP contribution in [-0.4, -0.2) is 52.7 Å². The number of alkyl halides is 3. The van der Waals surface area contributed by atoms with Crippen molar-refractivity contribution in [3.63, 3.8) is 0 Å². The minimum Gasteiger partial charge on any atom is -0.303 e. The number of halogens is 3. The van der Waals surface area contributed by atoms with Crippen LogP contribution < -0.4 is 0 Å². The molecule has 2 aliphatic rings. The van der Waals surface area contributed by atoms with E-state index in [1.54, 1.807) is 17.2 Å². The summed E-state index contributed by atoms with van der Waals surface area (Å²) >= 11 is 0. The van der Waals surface area contributed by atoms with Crippen LogP contribution in [0.2, 0.25) is 0 Å². The summed E-state index contributed by atoms with van der Waals surface area (Å²) in [5.74, 6) is 0.564. The number of nitrogens with zero attached hydrogens (tertiary/aromatic N) is 4. The van der Waals surface area contributed by atoms with Gasteiger partial charge in [0.2, 0.25) is 0 Å². The van der Waals surface area contributed by atoms with Crippen LogP contribution in [0.1, 0.15) is 53.1 Å². The molecule has 5 nitrogen and oxygen atoms in total. The summed E-state index contributed by atoms with van der Waals surface area (Å²) in [5, 5.41) is 0. The second-order valence-electron chi connectivity index (χ2n) is 11.1. The third kappa shape index (κ3) is 5.84. The van der Waals surface area contributed by atoms with E-state index in [9.17, 15) is 18.0 Å². The molecule has 0 radical (unpaired) electrons. The molecule has 0 aliphatic carbocycles. The zero-order chi connectivity index (χ0) is 29.9. The predicted molar refractivity (Wildman–Crippen MR) is 161 cm³/mol. The first-order chi connectivity index (χ1) is 20.9. The number of benzene rings is 3. The second-order valence-corrected chi connectivity index (χ2v) is 11.1. The predicted octanol–water partition coefficient (Wildman–Crippen LogP) is 6.90. The van der Waals surface area contributed by atoms with Gasteiger partial charge in [0.15, 0.2) is 11.4 Å². The number of carbonyl (C=O) groups is 1. The van der Waals surface area contributed by atoms with E-state index in [1.807, 2.05) is 78.9 Å². The van der Waals surface area contributed by atoms with E-state index in [0.717, 1.165) is 61.7 Å². The van der Waals surface area contributed by atoms with Crippen molar-refractivity contribution in [3.8, 4) is 0 Å². The summed E-state index contributed by atoms with van der Waals surface area (Å²) in [6, 6.07) is 30.7. The summed E-state index contributed by atoms with van der Waals surface area (Å²) in [6.45, 7) is 2.85. The lowest BCUT2D eigenvalue weighted by molar-refractivity contribution is -0.137. The van der Waals surface area contributed by atoms with Gasteiger partial charge in [-0.3, -0.25) is 14.7 Å². The lowest BCUT2D eigenvalue weighted by Gasteiger charge is -2.33. The van der Waals surface area contributed by atoms with E-state index >= 15 is 0 Å². The average molecular weight is 583 g/mol. The molecule has 1 aromatic heterocycles. The molecule has 1 saturated heterocycles. The maximum absolute atomic E-state index is 14.5. The molecule has 3 heterocycles. The van der Waals surface area contributed by atoms with Gasteiger partial charge in [0.1, 0.15) is 5.69 Å². The van der Waals surface area contributed by atoms with Crippen molar-refractivity contribution in [2.24, 2.45) is 4.99 Å². The van der Waals surface area contributed by atoms with Gasteiger partial charge >= 0.3 is 6.18 Å². The number of aromatic nitrogens is 1. The minimum absolute atomic E-state index is 0.103. The van der Waals surface area contributed by atoms with E-state index in [0.29, 0.717) is 18.1 Å². The molecule has 0 atom stereocenters. The van der Waals surface area contributed by atoms with Gasteiger partial charge in [0, 0.05) is 12.7 Å². The Labute approximate surface area is 249 Å². The maximum Gasteiger partial charge on any atom is 0.416 e. The van der Waals surface area contributed by atoms with Crippen LogP contribution in [0.15, 0.2) is 114 Å². The van der Waals surface area contributed by atoms with Crippen LogP contribution in [0.3, 0.4) is 0 Å². The van der Waals surface area contributed by atoms with E-state index in [2.05, 4.69) is 9.88 Å². The standard InChI is InChI=1S/C35H33F3N4O/c36-35(37,38)30-16-9-11-27(25-30)26-18-23-41(24-19-26)21-10-22-42-32(31-17-7-8-20-39-31)40-34(33(42)43,28-12-3-1-4-13-28)29-14-5-2-6-15-29/h1-9,11-17,20,25-26H,10,18-19,21-24H2. The highest BCUT2D eigenvalue weighted by molar-refractivity contribution is 6.16. The lowest BCUT2D eigenvalue weighted by atomic mass is 9.83. The molecular formula is C35H33F3N4O. The van der Waals surface area contributed by atoms with Crippen molar-refractivity contribution in [1.29, 1.82) is 0 Å². The maximum atomic E-state index is 14.5. The van der Waals surface area contributed by atoms with Crippen LogP contribution in [-0.2, 0) is 16.5 Å². The van der Waals surface area contributed by atoms with Gasteiger partial charge in [-0.05, 0) is 79.7 Å². The molecule has 0 N–H and O–H groups in total. The molecule has 3 aromatic carbocycles. The molecule has 2 aliphatic heterocycles. The van der Waals surface area contributed by atoms with Gasteiger partial charge in [-0.15, -0.1) is 0 Å². The normalized spacial score (nSPS) is 17.7. The van der Waals surface area contributed by atoms with Crippen molar-refractivity contribution in [2.45, 2.75) is 36.9 Å². The Morgan fingerprint density at radius 1 is 0.791 bits per heavy atom. The Hall–Kier alpha value is -4.30. The average Bonchev–Trinajstić information content (AvgIpc) is 3.35. The number of pyridine rings is 1. The molecule has 1 amide bonds. The van der Waals surface area contributed by atoms with Crippen LogP contribution in [0.25, 0.3) is 0 Å². The van der Waals surface area contributed by atoms with Crippen molar-refractivity contribution in [1.82, 2.24) is 14.8 Å². The highest BCUT2D eigenvalue weighted by atomic mass is 19.4. The zero-order valence-electron chi connectivity index (χ0n) is 23.8. The molecule has 6 rings (SSSR count). The molecule has 0 bridgehead atoms. The van der Waals surface area contributed by atoms with Gasteiger partial charge in [0.05, 0.1) is 5.56 Å². The largest absolute Gasteiger partial charge is 0.416 e. The second kappa shape index (κ2) is 12.1. The van der Waals surface area contributed by atoms with Gasteiger partial charge in [-0.2, -0.15) is 13.2 Å². The number of carbonyl (C=O) groups excluding carboxylic acids is 1. The number of hydrogen-bond acceptors (Lipinski definition) is 4. The fraction of sp³-hybridized carbons (Fsp3) is 0.286. The van der Waals surface area contributed by atoms with Crippen molar-refractivity contribution >= 4 is 11.7 Å². The summed E-state index contributed by atoms with van der Waals surface area (Å²) in [6.07, 6.45) is -0.295. The number of amidine groups is 1. The van der Waals surface area contributed by atoms with E-state index < -0.39 is 17.3 Å². The molecule has 0 saturated carbocycles. The van der Waals surface area contributed by atoms with Crippen LogP contribution >= 0.6 is 0 Å². The van der Waals surface area contributed by atoms with E-state index in [4.69, 9.17) is 4.99 Å². The third-order valence-corrected chi connectivity index (χ3v) is 8.49. The van der Waals surface area contributed by atoms with Crippen LogP contribution in [0.5, 0.6) is 0 Å². The molecule has 0 unspecified atom stereocenters. The Bertz CT molecular complexity index is 1530. The lowest BCUT2D eigenvalue weighted by Crippen LogP contribution is -2.43. The molecule has 1 fully saturated rings. The summed E-state index contributed by atoms with van der Waals surface area (Å²) < 4.78 is 39.7. The number of hydrogen-bond donors (Lipinski definition) is 0. The summed E-state index contributed by atoms with van der Waals surface area (Å²) in [4.78, 5) is 28.3. The fourth-order valence-corrected chi connectivity index (χ4v) is 6.27. The molecule has 4 aromatic rings. The molecule has 220 valence electrons. The van der Waals surface area contributed by atoms with Gasteiger partial charge < -0.3 is 4.90 Å². The van der Waals surface area contributed by atoms with E-state index in [1.165, 1.54) is 12.1 Å². The number of amides is 1. The Morgan fingerprint density at radius 3 is 2.05 bits per heavy atom. The van der Waals surface area contributed by atoms with Gasteiger partial charge in [-0.25, -0.2) is 4.99 Å². The van der Waals surface area contributed by atoms with Crippen molar-refractivity contribution in [2.75, 3.05) is 26.2 Å². The Morgan fingerprint density at radius 2 is 1.44 bits per heavy atom. The highest BCUT2D eigenvalue weighted by Gasteiger charge is 2.51. The Balaban J connectivity index is 1.18. The number of aliphatic imine (C=N–C) groups is 1. The number of likely N-dealkylation sites (tertiary alicyclic amines) is 1. The number of rotatable bonds is 8. The van der Waals surface area contributed by atoms with Gasteiger partial charge in [-0.1, -0.05) is 84.9 Å². The highest BCUT2D eigenvalue weighted by Crippen LogP contribution is 2.41. The topological polar surface area (TPSA) is 48.8 Å². The monoisotopic (exact) mass is 582 g/mol.